The van der Waals surface area contributed by atoms with Crippen molar-refractivity contribution in [3.05, 3.63) is 45.3 Å². The predicted octanol–water partition coefficient (Wildman–Crippen LogP) is 3.78. The van der Waals surface area contributed by atoms with Gasteiger partial charge < -0.3 is 12.7 Å². The van der Waals surface area contributed by atoms with Gasteiger partial charge in [-0.25, -0.2) is 4.98 Å². The molecule has 0 fully saturated rings. The molecule has 0 saturated heterocycles. The molecule has 0 aliphatic heterocycles. The van der Waals surface area contributed by atoms with Crippen LogP contribution < -0.4 is 3.07 Å². The Kier molecular flexibility index (Phi) is 6.79. The van der Waals surface area contributed by atoms with Crippen LogP contribution in [0.3, 0.4) is 0 Å². The summed E-state index contributed by atoms with van der Waals surface area (Å²) in [6.07, 6.45) is 0. The lowest BCUT2D eigenvalue weighted by molar-refractivity contribution is 0.0681. The van der Waals surface area contributed by atoms with E-state index in [-0.39, 0.29) is 5.91 Å². The lowest BCUT2D eigenvalue weighted by Gasteiger charge is -2.22. The van der Waals surface area contributed by atoms with Gasteiger partial charge in [-0.05, 0) is 36.9 Å². The molecule has 0 N–H and O–H groups in total. The van der Waals surface area contributed by atoms with Crippen molar-refractivity contribution in [3.63, 3.8) is 0 Å². The van der Waals surface area contributed by atoms with Gasteiger partial charge in [-0.2, -0.15) is 0 Å². The molecular formula is C16H19IN2O3S. The van der Waals surface area contributed by atoms with E-state index in [9.17, 15) is 4.79 Å². The number of amides is 1. The number of pyridine rings is 1. The number of methoxy groups -OCH3 is 1. The van der Waals surface area contributed by atoms with E-state index in [4.69, 9.17) is 7.80 Å². The van der Waals surface area contributed by atoms with Gasteiger partial charge in [0.05, 0.1) is 13.2 Å². The molecule has 124 valence electrons. The number of aromatic nitrogens is 1. The lowest BCUT2D eigenvalue weighted by atomic mass is 10.2. The second kappa shape index (κ2) is 8.60. The fourth-order valence-electron chi connectivity index (χ4n) is 2.18. The van der Waals surface area contributed by atoms with Crippen LogP contribution in [0.4, 0.5) is 0 Å². The van der Waals surface area contributed by atoms with Crippen molar-refractivity contribution in [2.45, 2.75) is 20.4 Å². The van der Waals surface area contributed by atoms with Crippen molar-refractivity contribution in [2.75, 3.05) is 20.3 Å². The van der Waals surface area contributed by atoms with Gasteiger partial charge in [-0.1, -0.05) is 0 Å². The van der Waals surface area contributed by atoms with Crippen molar-refractivity contribution < 1.29 is 12.6 Å². The SMILES string of the molecule is COCCN(Cc1sccc1C)C(=O)c1cc(C)nc(OI)c1. The highest BCUT2D eigenvalue weighted by Crippen LogP contribution is 2.21. The molecule has 2 aromatic heterocycles. The van der Waals surface area contributed by atoms with Crippen LogP contribution in [0.5, 0.6) is 5.88 Å². The Hall–Kier alpha value is -1.19. The highest BCUT2D eigenvalue weighted by Gasteiger charge is 2.19. The Morgan fingerprint density at radius 2 is 2.17 bits per heavy atom. The van der Waals surface area contributed by atoms with Gasteiger partial charge in [0.25, 0.3) is 5.91 Å². The Morgan fingerprint density at radius 3 is 2.78 bits per heavy atom. The molecule has 23 heavy (non-hydrogen) atoms. The molecule has 0 aliphatic rings. The van der Waals surface area contributed by atoms with Crippen molar-refractivity contribution in [2.24, 2.45) is 0 Å². The Balaban J connectivity index is 2.25. The topological polar surface area (TPSA) is 51.7 Å². The molecule has 2 aromatic rings. The highest BCUT2D eigenvalue weighted by molar-refractivity contribution is 14.1. The minimum atomic E-state index is -0.0462. The highest BCUT2D eigenvalue weighted by atomic mass is 127. The van der Waals surface area contributed by atoms with E-state index in [2.05, 4.69) is 18.0 Å². The number of ether oxygens (including phenoxy) is 1. The minimum absolute atomic E-state index is 0.0462. The third-order valence-electron chi connectivity index (χ3n) is 3.41. The normalized spacial score (nSPS) is 10.6. The molecule has 0 bridgehead atoms. The number of carbonyl (C=O) groups excluding carboxylic acids is 1. The first-order valence-electron chi connectivity index (χ1n) is 7.13. The van der Waals surface area contributed by atoms with Crippen molar-refractivity contribution in [3.8, 4) is 5.88 Å². The monoisotopic (exact) mass is 446 g/mol. The Bertz CT molecular complexity index is 675. The number of thiophene rings is 1. The Labute approximate surface area is 154 Å². The minimum Gasteiger partial charge on any atom is -0.408 e. The van der Waals surface area contributed by atoms with Crippen molar-refractivity contribution in [1.29, 1.82) is 0 Å². The van der Waals surface area contributed by atoms with Crippen LogP contribution in [0.1, 0.15) is 26.5 Å². The molecule has 0 atom stereocenters. The second-order valence-electron chi connectivity index (χ2n) is 5.16. The summed E-state index contributed by atoms with van der Waals surface area (Å²) in [5.41, 5.74) is 2.53. The van der Waals surface area contributed by atoms with E-state index in [0.29, 0.717) is 31.1 Å². The average molecular weight is 446 g/mol. The van der Waals surface area contributed by atoms with Gasteiger partial charge in [0, 0.05) is 35.9 Å². The largest absolute Gasteiger partial charge is 0.408 e. The summed E-state index contributed by atoms with van der Waals surface area (Å²) in [6, 6.07) is 5.52. The standard InChI is InChI=1S/C16H19IN2O3S/c1-11-4-7-23-14(11)10-19(5-6-21-3)16(20)13-8-12(2)18-15(9-13)22-17/h4,7-9H,5-6,10H2,1-3H3. The van der Waals surface area contributed by atoms with Crippen LogP contribution in [-0.4, -0.2) is 36.1 Å². The molecule has 0 aliphatic carbocycles. The van der Waals surface area contributed by atoms with Crippen LogP contribution >= 0.6 is 34.3 Å². The molecule has 0 radical (unpaired) electrons. The lowest BCUT2D eigenvalue weighted by Crippen LogP contribution is -2.33. The van der Waals surface area contributed by atoms with Crippen LogP contribution in [-0.2, 0) is 11.3 Å². The van der Waals surface area contributed by atoms with Gasteiger partial charge in [0.2, 0.25) is 5.88 Å². The molecule has 2 rings (SSSR count). The molecule has 0 spiro atoms. The first-order valence-corrected chi connectivity index (χ1v) is 8.89. The van der Waals surface area contributed by atoms with Gasteiger partial charge >= 0.3 is 0 Å². The van der Waals surface area contributed by atoms with Crippen LogP contribution in [0, 0.1) is 13.8 Å². The molecule has 0 aromatic carbocycles. The van der Waals surface area contributed by atoms with Crippen LogP contribution in [0.25, 0.3) is 0 Å². The summed E-state index contributed by atoms with van der Waals surface area (Å²) >= 11 is 3.43. The number of halogens is 1. The molecule has 0 unspecified atom stereocenters. The van der Waals surface area contributed by atoms with Crippen molar-refractivity contribution >= 4 is 40.2 Å². The van der Waals surface area contributed by atoms with Crippen LogP contribution in [0.15, 0.2) is 23.6 Å². The average Bonchev–Trinajstić information content (AvgIpc) is 2.95. The molecule has 2 heterocycles. The van der Waals surface area contributed by atoms with Gasteiger partial charge in [-0.3, -0.25) is 4.79 Å². The first-order chi connectivity index (χ1) is 11.0. The molecule has 1 amide bonds. The number of hydrogen-bond donors (Lipinski definition) is 0. The smallest absolute Gasteiger partial charge is 0.254 e. The van der Waals surface area contributed by atoms with E-state index in [1.807, 2.05) is 12.3 Å². The van der Waals surface area contributed by atoms with Crippen LogP contribution in [0.2, 0.25) is 0 Å². The van der Waals surface area contributed by atoms with E-state index >= 15 is 0 Å². The first kappa shape index (κ1) is 18.2. The zero-order chi connectivity index (χ0) is 16.8. The van der Waals surface area contributed by atoms with E-state index in [1.165, 1.54) is 10.4 Å². The Morgan fingerprint density at radius 1 is 1.39 bits per heavy atom. The third-order valence-corrected chi connectivity index (χ3v) is 4.87. The number of rotatable bonds is 7. The van der Waals surface area contributed by atoms with E-state index in [1.54, 1.807) is 58.5 Å². The molecule has 5 nitrogen and oxygen atoms in total. The predicted molar refractivity (Wildman–Crippen MR) is 99.3 cm³/mol. The van der Waals surface area contributed by atoms with E-state index < -0.39 is 0 Å². The van der Waals surface area contributed by atoms with E-state index in [0.717, 1.165) is 5.69 Å². The van der Waals surface area contributed by atoms with Gasteiger partial charge in [0.1, 0.15) is 0 Å². The van der Waals surface area contributed by atoms with Gasteiger partial charge in [0.15, 0.2) is 23.0 Å². The van der Waals surface area contributed by atoms with Gasteiger partial charge in [-0.15, -0.1) is 11.3 Å². The third kappa shape index (κ3) is 4.89. The quantitative estimate of drug-likeness (QED) is 0.608. The molecule has 7 heteroatoms. The maximum atomic E-state index is 12.9. The summed E-state index contributed by atoms with van der Waals surface area (Å²) in [5, 5.41) is 2.04. The second-order valence-corrected chi connectivity index (χ2v) is 6.60. The maximum Gasteiger partial charge on any atom is 0.254 e. The fourth-order valence-corrected chi connectivity index (χ4v) is 3.32. The number of hydrogen-bond acceptors (Lipinski definition) is 5. The van der Waals surface area contributed by atoms with Crippen molar-refractivity contribution in [1.82, 2.24) is 9.88 Å². The molecular weight excluding hydrogens is 427 g/mol. The number of carbonyl (C=O) groups is 1. The number of aryl methyl sites for hydroxylation is 2. The summed E-state index contributed by atoms with van der Waals surface area (Å²) < 4.78 is 10.3. The fraction of sp³-hybridized carbons (Fsp3) is 0.375. The zero-order valence-electron chi connectivity index (χ0n) is 13.3. The summed E-state index contributed by atoms with van der Waals surface area (Å²) in [6.45, 7) is 5.51. The summed E-state index contributed by atoms with van der Waals surface area (Å²) in [5.74, 6) is 0.392. The number of nitrogens with zero attached hydrogens (tertiary/aromatic N) is 2. The summed E-state index contributed by atoms with van der Waals surface area (Å²) in [4.78, 5) is 20.1. The summed E-state index contributed by atoms with van der Waals surface area (Å²) in [7, 11) is 1.64. The maximum absolute atomic E-state index is 12.9. The zero-order valence-corrected chi connectivity index (χ0v) is 16.3. The molecule has 0 saturated carbocycles.